The van der Waals surface area contributed by atoms with Crippen LogP contribution in [0.5, 0.6) is 0 Å². The van der Waals surface area contributed by atoms with E-state index in [-0.39, 0.29) is 28.9 Å². The van der Waals surface area contributed by atoms with Crippen LogP contribution in [0.1, 0.15) is 61.0 Å². The van der Waals surface area contributed by atoms with Crippen molar-refractivity contribution < 1.29 is 13.9 Å². The molecule has 5 atom stereocenters. The number of carbonyl (C=O) groups excluding carboxylic acids is 1. The third-order valence-corrected chi connectivity index (χ3v) is 7.86. The molecule has 1 spiro atoms. The molecule has 1 aromatic carbocycles. The van der Waals surface area contributed by atoms with E-state index < -0.39 is 0 Å². The highest BCUT2D eigenvalue weighted by Gasteiger charge is 2.68. The van der Waals surface area contributed by atoms with Gasteiger partial charge >= 0.3 is 0 Å². The van der Waals surface area contributed by atoms with E-state index in [1.807, 2.05) is 6.92 Å². The number of carbonyl (C=O) groups is 1. The summed E-state index contributed by atoms with van der Waals surface area (Å²) in [6.07, 6.45) is 4.79. The van der Waals surface area contributed by atoms with Crippen molar-refractivity contribution in [2.24, 2.45) is 22.7 Å². The average Bonchev–Trinajstić information content (AvgIpc) is 3.34. The van der Waals surface area contributed by atoms with Crippen LogP contribution in [-0.4, -0.2) is 23.5 Å². The maximum atomic E-state index is 13.0. The second-order valence-corrected chi connectivity index (χ2v) is 9.42. The zero-order valence-electron chi connectivity index (χ0n) is 16.8. The number of nitrogens with one attached hydrogen (secondary N) is 1. The molecule has 0 radical (unpaired) electrons. The van der Waals surface area contributed by atoms with Crippen molar-refractivity contribution in [3.63, 3.8) is 0 Å². The SMILES string of the molecule is Cc1ncoc1C(=O)N[C@H]1C(C)(C)[C@@H]2C[C@@H]3[C@@H](c4ccccc4)OCCC31C2. The zero-order chi connectivity index (χ0) is 19.5. The van der Waals surface area contributed by atoms with Gasteiger partial charge in [-0.25, -0.2) is 4.98 Å². The molecule has 1 saturated heterocycles. The van der Waals surface area contributed by atoms with Gasteiger partial charge in [-0.15, -0.1) is 0 Å². The molecule has 5 heteroatoms. The lowest BCUT2D eigenvalue weighted by atomic mass is 9.59. The highest BCUT2D eigenvalue weighted by molar-refractivity contribution is 5.92. The number of amides is 1. The van der Waals surface area contributed by atoms with Crippen LogP contribution >= 0.6 is 0 Å². The number of hydrogen-bond donors (Lipinski definition) is 1. The van der Waals surface area contributed by atoms with Crippen LogP contribution in [0.15, 0.2) is 41.1 Å². The Labute approximate surface area is 165 Å². The average molecular weight is 380 g/mol. The van der Waals surface area contributed by atoms with Gasteiger partial charge in [-0.1, -0.05) is 44.2 Å². The molecule has 5 nitrogen and oxygen atoms in total. The van der Waals surface area contributed by atoms with Crippen molar-refractivity contribution in [1.82, 2.24) is 10.3 Å². The molecule has 148 valence electrons. The van der Waals surface area contributed by atoms with Gasteiger partial charge in [0.25, 0.3) is 5.91 Å². The van der Waals surface area contributed by atoms with Gasteiger partial charge < -0.3 is 14.5 Å². The van der Waals surface area contributed by atoms with Crippen molar-refractivity contribution >= 4 is 5.91 Å². The fraction of sp³-hybridized carbons (Fsp3) is 0.565. The van der Waals surface area contributed by atoms with Gasteiger partial charge in [0.05, 0.1) is 11.8 Å². The monoisotopic (exact) mass is 380 g/mol. The van der Waals surface area contributed by atoms with Gasteiger partial charge in [0.1, 0.15) is 0 Å². The summed E-state index contributed by atoms with van der Waals surface area (Å²) in [6.45, 7) is 7.18. The topological polar surface area (TPSA) is 64.4 Å². The summed E-state index contributed by atoms with van der Waals surface area (Å²) >= 11 is 0. The lowest BCUT2D eigenvalue weighted by Crippen LogP contribution is -2.58. The summed E-state index contributed by atoms with van der Waals surface area (Å²) in [6, 6.07) is 10.7. The van der Waals surface area contributed by atoms with Crippen LogP contribution in [0, 0.1) is 29.6 Å². The predicted octanol–water partition coefficient (Wildman–Crippen LogP) is 4.30. The molecule has 1 N–H and O–H groups in total. The Hall–Kier alpha value is -2.14. The summed E-state index contributed by atoms with van der Waals surface area (Å²) in [5.41, 5.74) is 2.03. The fourth-order valence-electron chi connectivity index (χ4n) is 6.48. The summed E-state index contributed by atoms with van der Waals surface area (Å²) < 4.78 is 11.7. The molecule has 3 aliphatic rings. The number of fused-ring (bicyclic) bond motifs is 1. The minimum atomic E-state index is -0.142. The van der Waals surface area contributed by atoms with Gasteiger partial charge in [0.15, 0.2) is 6.39 Å². The second-order valence-electron chi connectivity index (χ2n) is 9.42. The van der Waals surface area contributed by atoms with Crippen LogP contribution in [0.2, 0.25) is 0 Å². The van der Waals surface area contributed by atoms with Crippen molar-refractivity contribution in [3.05, 3.63) is 53.7 Å². The first-order valence-corrected chi connectivity index (χ1v) is 10.3. The molecular formula is C23H28N2O3. The molecule has 2 saturated carbocycles. The van der Waals surface area contributed by atoms with Gasteiger partial charge in [-0.3, -0.25) is 4.79 Å². The molecular weight excluding hydrogens is 352 g/mol. The predicted molar refractivity (Wildman–Crippen MR) is 105 cm³/mol. The molecule has 1 amide bonds. The summed E-state index contributed by atoms with van der Waals surface area (Å²) in [7, 11) is 0. The molecule has 2 aromatic rings. The molecule has 5 rings (SSSR count). The maximum absolute atomic E-state index is 13.0. The van der Waals surface area contributed by atoms with E-state index in [0.29, 0.717) is 23.3 Å². The molecule has 1 aliphatic heterocycles. The van der Waals surface area contributed by atoms with E-state index in [1.54, 1.807) is 0 Å². The maximum Gasteiger partial charge on any atom is 0.289 e. The largest absolute Gasteiger partial charge is 0.438 e. The quantitative estimate of drug-likeness (QED) is 0.862. The van der Waals surface area contributed by atoms with Crippen molar-refractivity contribution in [3.8, 4) is 0 Å². The minimum absolute atomic E-state index is 0.0542. The van der Waals surface area contributed by atoms with Gasteiger partial charge in [0.2, 0.25) is 5.76 Å². The van der Waals surface area contributed by atoms with Crippen LogP contribution in [0.25, 0.3) is 0 Å². The number of rotatable bonds is 3. The Morgan fingerprint density at radius 3 is 2.75 bits per heavy atom. The highest BCUT2D eigenvalue weighted by atomic mass is 16.5. The smallest absolute Gasteiger partial charge is 0.289 e. The Kier molecular flexibility index (Phi) is 3.96. The Bertz CT molecular complexity index is 890. The lowest BCUT2D eigenvalue weighted by molar-refractivity contribution is -0.120. The number of hydrogen-bond acceptors (Lipinski definition) is 4. The Balaban J connectivity index is 1.49. The normalized spacial score (nSPS) is 35.5. The van der Waals surface area contributed by atoms with Gasteiger partial charge in [-0.05, 0) is 54.4 Å². The van der Waals surface area contributed by atoms with Gasteiger partial charge in [-0.2, -0.15) is 0 Å². The summed E-state index contributed by atoms with van der Waals surface area (Å²) in [5.74, 6) is 1.21. The van der Waals surface area contributed by atoms with E-state index in [2.05, 4.69) is 54.5 Å². The van der Waals surface area contributed by atoms with E-state index in [4.69, 9.17) is 9.15 Å². The zero-order valence-corrected chi connectivity index (χ0v) is 16.8. The Morgan fingerprint density at radius 2 is 2.04 bits per heavy atom. The molecule has 1 aromatic heterocycles. The Morgan fingerprint density at radius 1 is 1.25 bits per heavy atom. The first kappa shape index (κ1) is 17.9. The van der Waals surface area contributed by atoms with Crippen molar-refractivity contribution in [2.75, 3.05) is 6.61 Å². The second kappa shape index (κ2) is 6.18. The molecule has 3 fully saturated rings. The summed E-state index contributed by atoms with van der Waals surface area (Å²) in [5, 5.41) is 3.38. The third-order valence-electron chi connectivity index (χ3n) is 7.86. The van der Waals surface area contributed by atoms with Gasteiger partial charge in [0, 0.05) is 12.6 Å². The number of benzene rings is 1. The van der Waals surface area contributed by atoms with E-state index in [0.717, 1.165) is 19.4 Å². The number of nitrogens with zero attached hydrogens (tertiary/aromatic N) is 1. The molecule has 1 unspecified atom stereocenters. The van der Waals surface area contributed by atoms with Crippen molar-refractivity contribution in [2.45, 2.75) is 52.2 Å². The first-order chi connectivity index (χ1) is 13.4. The number of oxazole rings is 1. The highest BCUT2D eigenvalue weighted by Crippen LogP contribution is 2.70. The number of aromatic nitrogens is 1. The number of ether oxygens (including phenoxy) is 1. The van der Waals surface area contributed by atoms with Crippen LogP contribution in [-0.2, 0) is 4.74 Å². The van der Waals surface area contributed by atoms with Crippen molar-refractivity contribution in [1.29, 1.82) is 0 Å². The van der Waals surface area contributed by atoms with Crippen LogP contribution in [0.3, 0.4) is 0 Å². The van der Waals surface area contributed by atoms with E-state index in [9.17, 15) is 4.79 Å². The van der Waals surface area contributed by atoms with E-state index in [1.165, 1.54) is 18.4 Å². The fourth-order valence-corrected chi connectivity index (χ4v) is 6.48. The number of aryl methyl sites for hydroxylation is 1. The molecule has 28 heavy (non-hydrogen) atoms. The van der Waals surface area contributed by atoms with Crippen LogP contribution < -0.4 is 5.32 Å². The first-order valence-electron chi connectivity index (χ1n) is 10.3. The lowest BCUT2D eigenvalue weighted by Gasteiger charge is -2.53. The van der Waals surface area contributed by atoms with E-state index >= 15 is 0 Å². The molecule has 2 aliphatic carbocycles. The summed E-state index contributed by atoms with van der Waals surface area (Å²) in [4.78, 5) is 17.1. The standard InChI is InChI=1S/C23H28N2O3/c1-14-18(28-13-24-14)20(26)25-21-22(2,3)16-11-17-19(15-7-5-4-6-8-15)27-10-9-23(17,21)12-16/h4-8,13,16-17,19,21H,9-12H2,1-3H3,(H,25,26)/t16-,17-,19-,21+,23?/m1/s1. The minimum Gasteiger partial charge on any atom is -0.438 e. The van der Waals surface area contributed by atoms with Crippen LogP contribution in [0.4, 0.5) is 0 Å². The third kappa shape index (κ3) is 2.41. The molecule has 2 bridgehead atoms. The molecule has 2 heterocycles.